The molecule has 0 aliphatic rings. The quantitative estimate of drug-likeness (QED) is 0.677. The van der Waals surface area contributed by atoms with Crippen LogP contribution in [0.5, 0.6) is 0 Å². The van der Waals surface area contributed by atoms with Crippen molar-refractivity contribution in [3.8, 4) is 0 Å². The van der Waals surface area contributed by atoms with Gasteiger partial charge >= 0.3 is 0 Å². The van der Waals surface area contributed by atoms with Gasteiger partial charge in [0, 0.05) is 17.6 Å². The largest absolute Gasteiger partial charge is 0.309 e. The van der Waals surface area contributed by atoms with Crippen molar-refractivity contribution in [3.05, 3.63) is 11.6 Å². The molecule has 1 unspecified atom stereocenters. The van der Waals surface area contributed by atoms with Crippen molar-refractivity contribution in [2.45, 2.75) is 39.7 Å². The van der Waals surface area contributed by atoms with Gasteiger partial charge in [0.25, 0.3) is 0 Å². The van der Waals surface area contributed by atoms with Gasteiger partial charge in [0.15, 0.2) is 0 Å². The summed E-state index contributed by atoms with van der Waals surface area (Å²) in [6.07, 6.45) is 2.48. The van der Waals surface area contributed by atoms with Crippen LogP contribution in [0, 0.1) is 5.92 Å². The zero-order chi connectivity index (χ0) is 9.56. The first-order chi connectivity index (χ1) is 5.52. The molecule has 0 amide bonds. The molecule has 0 bridgehead atoms. The molecule has 0 aromatic carbocycles. The van der Waals surface area contributed by atoms with Crippen molar-refractivity contribution >= 4 is 11.6 Å². The van der Waals surface area contributed by atoms with E-state index in [9.17, 15) is 0 Å². The summed E-state index contributed by atoms with van der Waals surface area (Å²) in [4.78, 5) is 0. The van der Waals surface area contributed by atoms with Gasteiger partial charge in [-0.15, -0.1) is 0 Å². The predicted octanol–water partition coefficient (Wildman–Crippen LogP) is 3.15. The third-order valence-corrected chi connectivity index (χ3v) is 1.95. The molecule has 0 radical (unpaired) electrons. The van der Waals surface area contributed by atoms with E-state index in [1.807, 2.05) is 0 Å². The molecule has 0 heterocycles. The molecule has 2 heteroatoms. The average Bonchev–Trinajstić information content (AvgIpc) is 1.96. The van der Waals surface area contributed by atoms with E-state index in [1.54, 1.807) is 0 Å². The second-order valence-corrected chi connectivity index (χ2v) is 4.30. The smallest absolute Gasteiger partial charge is 0.0309 e. The van der Waals surface area contributed by atoms with Gasteiger partial charge in [-0.3, -0.25) is 0 Å². The molecule has 0 spiro atoms. The topological polar surface area (TPSA) is 12.0 Å². The lowest BCUT2D eigenvalue weighted by Crippen LogP contribution is -2.27. The third kappa shape index (κ3) is 8.09. The summed E-state index contributed by atoms with van der Waals surface area (Å²) >= 11 is 5.63. The number of nitrogens with one attached hydrogen (secondary N) is 1. The Kier molecular flexibility index (Phi) is 6.49. The minimum absolute atomic E-state index is 0.544. The van der Waals surface area contributed by atoms with Gasteiger partial charge in [-0.05, 0) is 25.7 Å². The van der Waals surface area contributed by atoms with Crippen LogP contribution in [-0.4, -0.2) is 12.6 Å². The van der Waals surface area contributed by atoms with Crippen LogP contribution >= 0.6 is 11.6 Å². The molecule has 0 aliphatic heterocycles. The van der Waals surface area contributed by atoms with Gasteiger partial charge in [-0.25, -0.2) is 0 Å². The first kappa shape index (κ1) is 12.0. The lowest BCUT2D eigenvalue weighted by atomic mass is 10.0. The van der Waals surface area contributed by atoms with E-state index < -0.39 is 0 Å². The van der Waals surface area contributed by atoms with Gasteiger partial charge in [0.2, 0.25) is 0 Å². The molecule has 0 rings (SSSR count). The minimum atomic E-state index is 0.544. The normalized spacial score (nSPS) is 13.4. The lowest BCUT2D eigenvalue weighted by molar-refractivity contribution is 0.464. The van der Waals surface area contributed by atoms with E-state index in [-0.39, 0.29) is 0 Å². The minimum Gasteiger partial charge on any atom is -0.309 e. The van der Waals surface area contributed by atoms with Crippen LogP contribution in [-0.2, 0) is 0 Å². The number of hydrogen-bond donors (Lipinski definition) is 1. The molecule has 1 nitrogen and oxygen atoms in total. The molecule has 1 N–H and O–H groups in total. The Morgan fingerprint density at radius 1 is 1.33 bits per heavy atom. The fourth-order valence-electron chi connectivity index (χ4n) is 0.970. The maximum atomic E-state index is 5.63. The van der Waals surface area contributed by atoms with Crippen LogP contribution in [0.1, 0.15) is 33.6 Å². The highest BCUT2D eigenvalue weighted by Gasteiger charge is 2.02. The SMILES string of the molecule is C=C(Cl)CNC(C)CCC(C)C. The van der Waals surface area contributed by atoms with Crippen LogP contribution in [0.4, 0.5) is 0 Å². The molecule has 0 aromatic rings. The average molecular weight is 190 g/mol. The third-order valence-electron chi connectivity index (χ3n) is 1.82. The van der Waals surface area contributed by atoms with E-state index in [0.717, 1.165) is 12.5 Å². The summed E-state index contributed by atoms with van der Waals surface area (Å²) in [5, 5.41) is 3.99. The van der Waals surface area contributed by atoms with E-state index in [4.69, 9.17) is 11.6 Å². The monoisotopic (exact) mass is 189 g/mol. The summed E-state index contributed by atoms with van der Waals surface area (Å²) in [5.41, 5.74) is 0. The van der Waals surface area contributed by atoms with Crippen LogP contribution in [0.3, 0.4) is 0 Å². The Labute approximate surface area is 81.2 Å². The molecule has 0 aromatic heterocycles. The predicted molar refractivity (Wildman–Crippen MR) is 56.5 cm³/mol. The van der Waals surface area contributed by atoms with Crippen LogP contribution < -0.4 is 5.32 Å². The Hall–Kier alpha value is -0.0100. The highest BCUT2D eigenvalue weighted by atomic mass is 35.5. The Bertz CT molecular complexity index is 132. The maximum Gasteiger partial charge on any atom is 0.0309 e. The number of halogens is 1. The van der Waals surface area contributed by atoms with Gasteiger partial charge in [-0.1, -0.05) is 32.0 Å². The standard InChI is InChI=1S/C10H20ClN/c1-8(2)5-6-10(4)12-7-9(3)11/h8,10,12H,3,5-7H2,1-2,4H3. The highest BCUT2D eigenvalue weighted by molar-refractivity contribution is 6.29. The van der Waals surface area contributed by atoms with Gasteiger partial charge in [0.05, 0.1) is 0 Å². The fourth-order valence-corrected chi connectivity index (χ4v) is 1.05. The molecule has 1 atom stereocenters. The highest BCUT2D eigenvalue weighted by Crippen LogP contribution is 2.06. The first-order valence-corrected chi connectivity index (χ1v) is 4.96. The summed E-state index contributed by atoms with van der Waals surface area (Å²) < 4.78 is 0. The summed E-state index contributed by atoms with van der Waals surface area (Å²) in [6.45, 7) is 11.0. The zero-order valence-electron chi connectivity index (χ0n) is 8.36. The Morgan fingerprint density at radius 2 is 1.92 bits per heavy atom. The molecular weight excluding hydrogens is 170 g/mol. The number of hydrogen-bond acceptors (Lipinski definition) is 1. The van der Waals surface area contributed by atoms with Crippen molar-refractivity contribution < 1.29 is 0 Å². The fraction of sp³-hybridized carbons (Fsp3) is 0.800. The Morgan fingerprint density at radius 3 is 2.33 bits per heavy atom. The van der Waals surface area contributed by atoms with Crippen molar-refractivity contribution in [3.63, 3.8) is 0 Å². The van der Waals surface area contributed by atoms with Gasteiger partial charge in [0.1, 0.15) is 0 Å². The van der Waals surface area contributed by atoms with Crippen molar-refractivity contribution in [1.82, 2.24) is 5.32 Å². The van der Waals surface area contributed by atoms with E-state index >= 15 is 0 Å². The van der Waals surface area contributed by atoms with Crippen LogP contribution in [0.2, 0.25) is 0 Å². The van der Waals surface area contributed by atoms with Gasteiger partial charge in [-0.2, -0.15) is 0 Å². The molecule has 0 aliphatic carbocycles. The summed E-state index contributed by atoms with van der Waals surface area (Å²) in [5.74, 6) is 0.786. The molecule has 72 valence electrons. The van der Waals surface area contributed by atoms with Crippen LogP contribution in [0.15, 0.2) is 11.6 Å². The van der Waals surface area contributed by atoms with E-state index in [0.29, 0.717) is 11.1 Å². The maximum absolute atomic E-state index is 5.63. The first-order valence-electron chi connectivity index (χ1n) is 4.59. The Balaban J connectivity index is 3.33. The van der Waals surface area contributed by atoms with Crippen molar-refractivity contribution in [2.24, 2.45) is 5.92 Å². The van der Waals surface area contributed by atoms with Crippen LogP contribution in [0.25, 0.3) is 0 Å². The van der Waals surface area contributed by atoms with Gasteiger partial charge < -0.3 is 5.32 Å². The molecule has 12 heavy (non-hydrogen) atoms. The molecule has 0 saturated heterocycles. The second kappa shape index (κ2) is 6.50. The summed E-state index contributed by atoms with van der Waals surface area (Å²) in [6, 6.07) is 0.544. The molecular formula is C10H20ClN. The van der Waals surface area contributed by atoms with Crippen molar-refractivity contribution in [1.29, 1.82) is 0 Å². The second-order valence-electron chi connectivity index (χ2n) is 3.77. The molecule has 0 saturated carbocycles. The van der Waals surface area contributed by atoms with E-state index in [2.05, 4.69) is 32.7 Å². The summed E-state index contributed by atoms with van der Waals surface area (Å²) in [7, 11) is 0. The van der Waals surface area contributed by atoms with E-state index in [1.165, 1.54) is 12.8 Å². The van der Waals surface area contributed by atoms with Crippen molar-refractivity contribution in [2.75, 3.05) is 6.54 Å². The molecule has 0 fully saturated rings. The lowest BCUT2D eigenvalue weighted by Gasteiger charge is -2.14. The zero-order valence-corrected chi connectivity index (χ0v) is 9.12. The number of rotatable bonds is 6.